The smallest absolute Gasteiger partial charge is 0.243 e. The maximum Gasteiger partial charge on any atom is 0.243 e. The fourth-order valence-corrected chi connectivity index (χ4v) is 4.38. The molecule has 1 aromatic rings. The highest BCUT2D eigenvalue weighted by Gasteiger charge is 2.33. The summed E-state index contributed by atoms with van der Waals surface area (Å²) in [5, 5.41) is 2.75. The van der Waals surface area contributed by atoms with Crippen LogP contribution in [-0.2, 0) is 21.2 Å². The van der Waals surface area contributed by atoms with Crippen LogP contribution in [0.5, 0.6) is 0 Å². The first-order chi connectivity index (χ1) is 11.0. The molecule has 136 valence electrons. The van der Waals surface area contributed by atoms with E-state index in [0.29, 0.717) is 37.4 Å². The summed E-state index contributed by atoms with van der Waals surface area (Å²) in [4.78, 5) is 12.4. The van der Waals surface area contributed by atoms with Gasteiger partial charge >= 0.3 is 0 Å². The minimum atomic E-state index is -3.55. The predicted molar refractivity (Wildman–Crippen MR) is 96.6 cm³/mol. The first-order valence-corrected chi connectivity index (χ1v) is 9.50. The summed E-state index contributed by atoms with van der Waals surface area (Å²) in [6.45, 7) is 3.48. The van der Waals surface area contributed by atoms with Gasteiger partial charge in [-0.3, -0.25) is 4.79 Å². The van der Waals surface area contributed by atoms with Gasteiger partial charge in [-0.2, -0.15) is 4.31 Å². The number of sulfonamides is 1. The lowest BCUT2D eigenvalue weighted by atomic mass is 9.99. The van der Waals surface area contributed by atoms with Crippen molar-refractivity contribution in [2.75, 3.05) is 26.2 Å². The number of nitrogens with zero attached hydrogens (tertiary/aromatic N) is 1. The SMILES string of the molecule is CCc1cccc(S(=O)(=O)N2CCCC(C(=O)NCCN)C2)c1.Cl. The molecule has 2 rings (SSSR count). The van der Waals surface area contributed by atoms with Crippen molar-refractivity contribution in [2.45, 2.75) is 31.1 Å². The minimum absolute atomic E-state index is 0. The van der Waals surface area contributed by atoms with Crippen LogP contribution in [-0.4, -0.2) is 44.8 Å². The van der Waals surface area contributed by atoms with Gasteiger partial charge in [0.2, 0.25) is 15.9 Å². The number of carbonyl (C=O) groups is 1. The molecule has 8 heteroatoms. The van der Waals surface area contributed by atoms with E-state index in [4.69, 9.17) is 5.73 Å². The van der Waals surface area contributed by atoms with Gasteiger partial charge in [0.05, 0.1) is 10.8 Å². The van der Waals surface area contributed by atoms with Gasteiger partial charge in [-0.1, -0.05) is 19.1 Å². The third kappa shape index (κ3) is 4.92. The Kier molecular flexibility index (Phi) is 8.15. The third-order valence-electron chi connectivity index (χ3n) is 4.14. The highest BCUT2D eigenvalue weighted by molar-refractivity contribution is 7.89. The largest absolute Gasteiger partial charge is 0.355 e. The van der Waals surface area contributed by atoms with Crippen LogP contribution in [0.25, 0.3) is 0 Å². The number of nitrogens with one attached hydrogen (secondary N) is 1. The van der Waals surface area contributed by atoms with Gasteiger partial charge in [0.25, 0.3) is 0 Å². The van der Waals surface area contributed by atoms with Crippen molar-refractivity contribution in [1.29, 1.82) is 0 Å². The van der Waals surface area contributed by atoms with E-state index in [1.165, 1.54) is 4.31 Å². The molecule has 0 radical (unpaired) electrons. The summed E-state index contributed by atoms with van der Waals surface area (Å²) >= 11 is 0. The van der Waals surface area contributed by atoms with Gasteiger partial charge in [0.1, 0.15) is 0 Å². The lowest BCUT2D eigenvalue weighted by Gasteiger charge is -2.31. The molecule has 1 fully saturated rings. The maximum atomic E-state index is 12.8. The normalized spacial score (nSPS) is 18.7. The topological polar surface area (TPSA) is 92.5 Å². The van der Waals surface area contributed by atoms with E-state index in [-0.39, 0.29) is 30.8 Å². The number of piperidine rings is 1. The number of aryl methyl sites for hydroxylation is 1. The Hall–Kier alpha value is -1.15. The number of hydrogen-bond donors (Lipinski definition) is 2. The van der Waals surface area contributed by atoms with E-state index < -0.39 is 10.0 Å². The average molecular weight is 376 g/mol. The van der Waals surface area contributed by atoms with Crippen LogP contribution in [0.1, 0.15) is 25.3 Å². The molecule has 1 heterocycles. The summed E-state index contributed by atoms with van der Waals surface area (Å²) in [7, 11) is -3.55. The zero-order valence-corrected chi connectivity index (χ0v) is 15.5. The van der Waals surface area contributed by atoms with Gasteiger partial charge < -0.3 is 11.1 Å². The monoisotopic (exact) mass is 375 g/mol. The van der Waals surface area contributed by atoms with Gasteiger partial charge in [-0.25, -0.2) is 8.42 Å². The van der Waals surface area contributed by atoms with E-state index in [1.807, 2.05) is 13.0 Å². The number of carbonyl (C=O) groups excluding carboxylic acids is 1. The van der Waals surface area contributed by atoms with Gasteiger partial charge in [0, 0.05) is 26.2 Å². The molecular formula is C16H26ClN3O3S. The summed E-state index contributed by atoms with van der Waals surface area (Å²) in [6, 6.07) is 7.01. The van der Waals surface area contributed by atoms with Crippen LogP contribution >= 0.6 is 12.4 Å². The molecular weight excluding hydrogens is 350 g/mol. The summed E-state index contributed by atoms with van der Waals surface area (Å²) in [5.74, 6) is -0.419. The molecule has 0 aromatic heterocycles. The van der Waals surface area contributed by atoms with Crippen LogP contribution in [0.3, 0.4) is 0 Å². The van der Waals surface area contributed by atoms with Gasteiger partial charge in [0.15, 0.2) is 0 Å². The Labute approximate surface area is 150 Å². The van der Waals surface area contributed by atoms with E-state index in [0.717, 1.165) is 12.0 Å². The van der Waals surface area contributed by atoms with Crippen LogP contribution in [0.4, 0.5) is 0 Å². The number of amides is 1. The van der Waals surface area contributed by atoms with Crippen LogP contribution in [0.15, 0.2) is 29.2 Å². The van der Waals surface area contributed by atoms with Crippen molar-refractivity contribution in [3.05, 3.63) is 29.8 Å². The summed E-state index contributed by atoms with van der Waals surface area (Å²) in [5.41, 5.74) is 6.37. The number of benzene rings is 1. The van der Waals surface area contributed by atoms with E-state index >= 15 is 0 Å². The molecule has 1 atom stereocenters. The van der Waals surface area contributed by atoms with Crippen molar-refractivity contribution in [3.63, 3.8) is 0 Å². The van der Waals surface area contributed by atoms with E-state index in [9.17, 15) is 13.2 Å². The van der Waals surface area contributed by atoms with Crippen LogP contribution in [0.2, 0.25) is 0 Å². The van der Waals surface area contributed by atoms with Crippen LogP contribution < -0.4 is 11.1 Å². The van der Waals surface area contributed by atoms with Crippen molar-refractivity contribution >= 4 is 28.3 Å². The zero-order chi connectivity index (χ0) is 16.9. The lowest BCUT2D eigenvalue weighted by molar-refractivity contribution is -0.126. The summed E-state index contributed by atoms with van der Waals surface area (Å²) in [6.07, 6.45) is 2.18. The second-order valence-electron chi connectivity index (χ2n) is 5.78. The highest BCUT2D eigenvalue weighted by atomic mass is 35.5. The lowest BCUT2D eigenvalue weighted by Crippen LogP contribution is -2.46. The molecule has 1 unspecified atom stereocenters. The average Bonchev–Trinajstić information content (AvgIpc) is 2.59. The Morgan fingerprint density at radius 3 is 2.83 bits per heavy atom. The Morgan fingerprint density at radius 2 is 2.17 bits per heavy atom. The second kappa shape index (κ2) is 9.36. The quantitative estimate of drug-likeness (QED) is 0.780. The van der Waals surface area contributed by atoms with Gasteiger partial charge in [-0.15, -0.1) is 12.4 Å². The molecule has 24 heavy (non-hydrogen) atoms. The number of nitrogens with two attached hydrogens (primary N) is 1. The molecule has 3 N–H and O–H groups in total. The van der Waals surface area contributed by atoms with E-state index in [1.54, 1.807) is 18.2 Å². The van der Waals surface area contributed by atoms with Gasteiger partial charge in [-0.05, 0) is 37.0 Å². The van der Waals surface area contributed by atoms with Crippen molar-refractivity contribution < 1.29 is 13.2 Å². The molecule has 1 aliphatic heterocycles. The standard InChI is InChI=1S/C16H25N3O3S.ClH/c1-2-13-5-3-7-15(11-13)23(21,22)19-10-4-6-14(12-19)16(20)18-9-8-17;/h3,5,7,11,14H,2,4,6,8-10,12,17H2,1H3,(H,18,20);1H. The first kappa shape index (κ1) is 20.9. The molecule has 1 aliphatic rings. The molecule has 1 amide bonds. The highest BCUT2D eigenvalue weighted by Crippen LogP contribution is 2.24. The number of hydrogen-bond acceptors (Lipinski definition) is 4. The summed E-state index contributed by atoms with van der Waals surface area (Å²) < 4.78 is 27.1. The van der Waals surface area contributed by atoms with Crippen molar-refractivity contribution in [3.8, 4) is 0 Å². The Balaban J connectivity index is 0.00000288. The molecule has 1 saturated heterocycles. The molecule has 0 spiro atoms. The van der Waals surface area contributed by atoms with Crippen molar-refractivity contribution in [1.82, 2.24) is 9.62 Å². The predicted octanol–water partition coefficient (Wildman–Crippen LogP) is 1.15. The molecule has 6 nitrogen and oxygen atoms in total. The zero-order valence-electron chi connectivity index (χ0n) is 13.9. The van der Waals surface area contributed by atoms with Crippen molar-refractivity contribution in [2.24, 2.45) is 11.7 Å². The van der Waals surface area contributed by atoms with E-state index in [2.05, 4.69) is 5.32 Å². The molecule has 0 aliphatic carbocycles. The fraction of sp³-hybridized carbons (Fsp3) is 0.562. The minimum Gasteiger partial charge on any atom is -0.355 e. The maximum absolute atomic E-state index is 12.8. The third-order valence-corrected chi connectivity index (χ3v) is 6.00. The fourth-order valence-electron chi connectivity index (χ4n) is 2.79. The first-order valence-electron chi connectivity index (χ1n) is 8.06. The molecule has 1 aromatic carbocycles. The second-order valence-corrected chi connectivity index (χ2v) is 7.72. The molecule has 0 saturated carbocycles. The number of halogens is 1. The Morgan fingerprint density at radius 1 is 1.42 bits per heavy atom. The number of rotatable bonds is 6. The molecule has 0 bridgehead atoms. The van der Waals surface area contributed by atoms with Crippen LogP contribution in [0, 0.1) is 5.92 Å². The Bertz CT molecular complexity index is 652.